The van der Waals surface area contributed by atoms with E-state index in [2.05, 4.69) is 10.3 Å². The third-order valence-electron chi connectivity index (χ3n) is 6.17. The third-order valence-corrected chi connectivity index (χ3v) is 6.40. The van der Waals surface area contributed by atoms with Crippen LogP contribution in [0.1, 0.15) is 29.0 Å². The van der Waals surface area contributed by atoms with Crippen LogP contribution in [0.15, 0.2) is 84.1 Å². The summed E-state index contributed by atoms with van der Waals surface area (Å²) in [7, 11) is 1.94. The summed E-state index contributed by atoms with van der Waals surface area (Å²) in [6, 6.07) is 20.6. The maximum Gasteiger partial charge on any atom is 0.303 e. The van der Waals surface area contributed by atoms with Gasteiger partial charge in [-0.1, -0.05) is 35.9 Å². The Balaban J connectivity index is 1.58. The molecular weight excluding hydrogens is 476 g/mol. The number of carboxylic acids is 1. The molecule has 1 unspecified atom stereocenters. The van der Waals surface area contributed by atoms with Crippen LogP contribution < -0.4 is 5.32 Å². The summed E-state index contributed by atoms with van der Waals surface area (Å²) in [6.07, 6.45) is 4.05. The lowest BCUT2D eigenvalue weighted by Gasteiger charge is -2.15. The highest BCUT2D eigenvalue weighted by molar-refractivity contribution is 6.31. The molecule has 1 atom stereocenters. The van der Waals surface area contributed by atoms with E-state index >= 15 is 0 Å². The summed E-state index contributed by atoms with van der Waals surface area (Å²) in [5, 5.41) is 12.6. The van der Waals surface area contributed by atoms with Crippen LogP contribution in [0.25, 0.3) is 11.4 Å². The minimum atomic E-state index is -0.858. The van der Waals surface area contributed by atoms with E-state index in [1.54, 1.807) is 18.3 Å². The number of carbonyl (C=O) groups excluding carboxylic acids is 1. The molecule has 1 aromatic heterocycles. The Labute approximate surface area is 213 Å². The summed E-state index contributed by atoms with van der Waals surface area (Å²) < 4.78 is 1.94. The third kappa shape index (κ3) is 4.78. The van der Waals surface area contributed by atoms with Crippen molar-refractivity contribution in [3.05, 3.63) is 101 Å². The topological polar surface area (TPSA) is 96.6 Å². The van der Waals surface area contributed by atoms with E-state index in [4.69, 9.17) is 21.7 Å². The van der Waals surface area contributed by atoms with E-state index in [0.717, 1.165) is 28.1 Å². The lowest BCUT2D eigenvalue weighted by atomic mass is 9.89. The predicted octanol–water partition coefficient (Wildman–Crippen LogP) is 5.61. The van der Waals surface area contributed by atoms with Gasteiger partial charge in [-0.25, -0.2) is 4.98 Å². The molecule has 1 amide bonds. The number of halogens is 1. The van der Waals surface area contributed by atoms with Crippen molar-refractivity contribution < 1.29 is 14.7 Å². The van der Waals surface area contributed by atoms with Crippen LogP contribution in [-0.2, 0) is 23.1 Å². The van der Waals surface area contributed by atoms with Gasteiger partial charge in [0.1, 0.15) is 11.7 Å². The number of rotatable bonds is 7. The van der Waals surface area contributed by atoms with Crippen molar-refractivity contribution >= 4 is 40.6 Å². The Bertz CT molecular complexity index is 1490. The first-order chi connectivity index (χ1) is 17.4. The van der Waals surface area contributed by atoms with E-state index in [-0.39, 0.29) is 12.3 Å². The first-order valence-electron chi connectivity index (χ1n) is 11.5. The highest BCUT2D eigenvalue weighted by Crippen LogP contribution is 2.38. The lowest BCUT2D eigenvalue weighted by Crippen LogP contribution is -2.22. The fourth-order valence-corrected chi connectivity index (χ4v) is 4.58. The van der Waals surface area contributed by atoms with Crippen LogP contribution in [0.3, 0.4) is 0 Å². The van der Waals surface area contributed by atoms with Crippen LogP contribution in [-0.4, -0.2) is 32.2 Å². The van der Waals surface area contributed by atoms with E-state index in [1.807, 2.05) is 72.4 Å². The molecule has 0 fully saturated rings. The van der Waals surface area contributed by atoms with Gasteiger partial charge >= 0.3 is 5.97 Å². The van der Waals surface area contributed by atoms with Crippen molar-refractivity contribution in [2.24, 2.45) is 12.0 Å². The molecule has 0 radical (unpaired) electrons. The molecule has 3 aromatic carbocycles. The molecule has 180 valence electrons. The van der Waals surface area contributed by atoms with Crippen molar-refractivity contribution in [3.8, 4) is 11.4 Å². The zero-order chi connectivity index (χ0) is 25.2. The van der Waals surface area contributed by atoms with E-state index in [9.17, 15) is 9.59 Å². The standard InChI is InChI=1S/C28H23ClN4O3/c1-33-14-13-30-27(33)18-6-9-21(10-7-18)31-26(19-4-2-3-17(15-19)5-12-24(34)35)25-22-11-8-20(29)16-23(22)32-28(25)36/h2-4,6-11,13-16,25H,5,12H2,1H3,(H,32,36)(H,34,35). The van der Waals surface area contributed by atoms with Crippen molar-refractivity contribution in [1.29, 1.82) is 0 Å². The second-order valence-electron chi connectivity index (χ2n) is 8.65. The van der Waals surface area contributed by atoms with Crippen molar-refractivity contribution in [1.82, 2.24) is 9.55 Å². The number of aryl methyl sites for hydroxylation is 2. The maximum atomic E-state index is 13.2. The van der Waals surface area contributed by atoms with Crippen LogP contribution in [0, 0.1) is 0 Å². The van der Waals surface area contributed by atoms with Crippen molar-refractivity contribution in [2.75, 3.05) is 5.32 Å². The van der Waals surface area contributed by atoms with Crippen molar-refractivity contribution in [3.63, 3.8) is 0 Å². The Morgan fingerprint density at radius 2 is 1.94 bits per heavy atom. The number of hydrogen-bond acceptors (Lipinski definition) is 4. The smallest absolute Gasteiger partial charge is 0.303 e. The van der Waals surface area contributed by atoms with E-state index in [0.29, 0.717) is 28.5 Å². The number of aliphatic imine (C=N–C) groups is 1. The first kappa shape index (κ1) is 23.5. The van der Waals surface area contributed by atoms with E-state index in [1.165, 1.54) is 0 Å². The van der Waals surface area contributed by atoms with Gasteiger partial charge in [0.25, 0.3) is 0 Å². The van der Waals surface area contributed by atoms with Gasteiger partial charge in [0.2, 0.25) is 5.91 Å². The Morgan fingerprint density at radius 1 is 1.14 bits per heavy atom. The first-order valence-corrected chi connectivity index (χ1v) is 11.8. The second kappa shape index (κ2) is 9.79. The number of amides is 1. The highest BCUT2D eigenvalue weighted by Gasteiger charge is 2.35. The quantitative estimate of drug-likeness (QED) is 0.323. The largest absolute Gasteiger partial charge is 0.481 e. The molecule has 0 saturated carbocycles. The van der Waals surface area contributed by atoms with Crippen LogP contribution in [0.5, 0.6) is 0 Å². The van der Waals surface area contributed by atoms with Gasteiger partial charge in [0.15, 0.2) is 0 Å². The number of benzene rings is 3. The monoisotopic (exact) mass is 498 g/mol. The molecule has 4 aromatic rings. The predicted molar refractivity (Wildman–Crippen MR) is 140 cm³/mol. The average Bonchev–Trinajstić information content (AvgIpc) is 3.43. The van der Waals surface area contributed by atoms with Gasteiger partial charge in [-0.3, -0.25) is 14.6 Å². The summed E-state index contributed by atoms with van der Waals surface area (Å²) in [5.41, 5.74) is 5.31. The number of aromatic nitrogens is 2. The lowest BCUT2D eigenvalue weighted by molar-refractivity contribution is -0.137. The molecule has 0 saturated heterocycles. The Morgan fingerprint density at radius 3 is 2.67 bits per heavy atom. The summed E-state index contributed by atoms with van der Waals surface area (Å²) >= 11 is 6.16. The number of aliphatic carboxylic acids is 1. The van der Waals surface area contributed by atoms with Gasteiger partial charge in [0, 0.05) is 42.1 Å². The Kier molecular flexibility index (Phi) is 6.40. The SMILES string of the molecule is Cn1ccnc1-c1ccc(N=C(c2cccc(CCC(=O)O)c2)C2C(=O)Nc3cc(Cl)ccc32)cc1. The fraction of sp³-hybridized carbons (Fsp3) is 0.143. The number of imidazole rings is 1. The number of carboxylic acid groups (broad SMARTS) is 1. The molecule has 36 heavy (non-hydrogen) atoms. The molecule has 1 aliphatic rings. The molecule has 2 heterocycles. The van der Waals surface area contributed by atoms with Gasteiger partial charge < -0.3 is 15.0 Å². The molecule has 0 spiro atoms. The summed E-state index contributed by atoms with van der Waals surface area (Å²) in [6.45, 7) is 0. The minimum absolute atomic E-state index is 0.0236. The van der Waals surface area contributed by atoms with Gasteiger partial charge in [-0.15, -0.1) is 0 Å². The molecule has 0 aliphatic carbocycles. The maximum absolute atomic E-state index is 13.2. The zero-order valence-electron chi connectivity index (χ0n) is 19.5. The van der Waals surface area contributed by atoms with Crippen LogP contribution >= 0.6 is 11.6 Å². The normalized spacial score (nSPS) is 15.0. The van der Waals surface area contributed by atoms with Crippen LogP contribution in [0.4, 0.5) is 11.4 Å². The molecule has 1 aliphatic heterocycles. The second-order valence-corrected chi connectivity index (χ2v) is 9.09. The number of fused-ring (bicyclic) bond motifs is 1. The number of nitrogens with zero attached hydrogens (tertiary/aromatic N) is 3. The van der Waals surface area contributed by atoms with Gasteiger partial charge in [-0.2, -0.15) is 0 Å². The molecule has 5 rings (SSSR count). The Hall–Kier alpha value is -4.23. The van der Waals surface area contributed by atoms with Gasteiger partial charge in [-0.05, 0) is 65.6 Å². The number of carbonyl (C=O) groups is 2. The number of anilines is 1. The molecule has 0 bridgehead atoms. The minimum Gasteiger partial charge on any atom is -0.481 e. The summed E-state index contributed by atoms with van der Waals surface area (Å²) in [5.74, 6) is -0.839. The highest BCUT2D eigenvalue weighted by atomic mass is 35.5. The van der Waals surface area contributed by atoms with Gasteiger partial charge in [0.05, 0.1) is 11.4 Å². The molecule has 2 N–H and O–H groups in total. The number of nitrogens with one attached hydrogen (secondary N) is 1. The zero-order valence-corrected chi connectivity index (χ0v) is 20.2. The van der Waals surface area contributed by atoms with Crippen LogP contribution in [0.2, 0.25) is 5.02 Å². The van der Waals surface area contributed by atoms with E-state index < -0.39 is 11.9 Å². The molecule has 7 nitrogen and oxygen atoms in total. The summed E-state index contributed by atoms with van der Waals surface area (Å²) in [4.78, 5) is 33.6. The number of hydrogen-bond donors (Lipinski definition) is 2. The molecular formula is C28H23ClN4O3. The van der Waals surface area contributed by atoms with Crippen molar-refractivity contribution in [2.45, 2.75) is 18.8 Å². The molecule has 8 heteroatoms. The fourth-order valence-electron chi connectivity index (χ4n) is 4.41. The average molecular weight is 499 g/mol.